The standard InChI is InChI=1S/C27H31ClN6O3S/c1-26(2,3)36-25(35)34-11-8-15(9-12-34)16-13-17(31-19(28)14-16)23-32-24(37-33-23)27(4)10-6-7-18-20(27)21(30-5)22(29)38-18/h13-15H,6-12,29H2,1-4H3. The Morgan fingerprint density at radius 1 is 1.32 bits per heavy atom. The fraction of sp³-hybridized carbons (Fsp3) is 0.519. The van der Waals surface area contributed by atoms with Crippen LogP contribution in [-0.2, 0) is 16.6 Å². The Bertz CT molecular complexity index is 1410. The van der Waals surface area contributed by atoms with Gasteiger partial charge in [0.05, 0.1) is 17.0 Å². The summed E-state index contributed by atoms with van der Waals surface area (Å²) in [5.41, 5.74) is 8.02. The summed E-state index contributed by atoms with van der Waals surface area (Å²) in [6.07, 6.45) is 3.91. The average molecular weight is 555 g/mol. The van der Waals surface area contributed by atoms with Crippen LogP contribution in [0.2, 0.25) is 5.15 Å². The van der Waals surface area contributed by atoms with Crippen molar-refractivity contribution in [2.45, 2.75) is 76.7 Å². The number of likely N-dealkylation sites (tertiary alicyclic amines) is 1. The van der Waals surface area contributed by atoms with Crippen molar-refractivity contribution in [1.29, 1.82) is 0 Å². The van der Waals surface area contributed by atoms with E-state index in [2.05, 4.69) is 15.0 Å². The monoisotopic (exact) mass is 554 g/mol. The second-order valence-corrected chi connectivity index (χ2v) is 12.7. The molecule has 0 radical (unpaired) electrons. The number of anilines is 1. The number of piperidine rings is 1. The summed E-state index contributed by atoms with van der Waals surface area (Å²) in [6.45, 7) is 16.5. The number of nitrogens with zero attached hydrogens (tertiary/aromatic N) is 5. The number of amides is 1. The molecule has 9 nitrogen and oxygen atoms in total. The van der Waals surface area contributed by atoms with Gasteiger partial charge in [0.1, 0.15) is 16.4 Å². The van der Waals surface area contributed by atoms with Crippen molar-refractivity contribution in [2.24, 2.45) is 0 Å². The zero-order valence-corrected chi connectivity index (χ0v) is 23.6. The van der Waals surface area contributed by atoms with Gasteiger partial charge in [0.25, 0.3) is 0 Å². The van der Waals surface area contributed by atoms with Crippen molar-refractivity contribution >= 4 is 39.7 Å². The first kappa shape index (κ1) is 26.4. The fourth-order valence-corrected chi connectivity index (χ4v) is 6.82. The highest BCUT2D eigenvalue weighted by Crippen LogP contribution is 2.52. The van der Waals surface area contributed by atoms with Gasteiger partial charge in [-0.3, -0.25) is 0 Å². The highest BCUT2D eigenvalue weighted by molar-refractivity contribution is 7.16. The number of pyridine rings is 1. The number of carbonyl (C=O) groups is 1. The van der Waals surface area contributed by atoms with Gasteiger partial charge < -0.3 is 19.9 Å². The maximum atomic E-state index is 12.5. The molecule has 0 bridgehead atoms. The van der Waals surface area contributed by atoms with Crippen LogP contribution in [0, 0.1) is 6.57 Å². The van der Waals surface area contributed by atoms with Crippen LogP contribution < -0.4 is 5.73 Å². The number of nitrogen functional groups attached to an aromatic ring is 1. The van der Waals surface area contributed by atoms with E-state index in [0.29, 0.717) is 46.3 Å². The Hall–Kier alpha value is -3.16. The molecular formula is C27H31ClN6O3S. The van der Waals surface area contributed by atoms with Crippen LogP contribution in [0.5, 0.6) is 0 Å². The molecule has 3 aromatic heterocycles. The molecule has 0 aromatic carbocycles. The van der Waals surface area contributed by atoms with Gasteiger partial charge in [-0.1, -0.05) is 16.8 Å². The second-order valence-electron chi connectivity index (χ2n) is 11.2. The van der Waals surface area contributed by atoms with E-state index in [1.165, 1.54) is 11.3 Å². The summed E-state index contributed by atoms with van der Waals surface area (Å²) in [5, 5.41) is 5.15. The number of thiophene rings is 1. The van der Waals surface area contributed by atoms with Crippen LogP contribution in [0.4, 0.5) is 15.5 Å². The molecule has 2 N–H and O–H groups in total. The Balaban J connectivity index is 1.38. The number of aryl methyl sites for hydroxylation is 1. The lowest BCUT2D eigenvalue weighted by atomic mass is 9.73. The molecule has 0 saturated carbocycles. The molecular weight excluding hydrogens is 524 g/mol. The van der Waals surface area contributed by atoms with E-state index in [1.807, 2.05) is 39.8 Å². The topological polar surface area (TPSA) is 112 Å². The van der Waals surface area contributed by atoms with Crippen molar-refractivity contribution in [1.82, 2.24) is 20.0 Å². The van der Waals surface area contributed by atoms with Crippen molar-refractivity contribution < 1.29 is 14.1 Å². The molecule has 1 unspecified atom stereocenters. The Morgan fingerprint density at radius 2 is 2.05 bits per heavy atom. The molecule has 38 heavy (non-hydrogen) atoms. The van der Waals surface area contributed by atoms with Crippen molar-refractivity contribution in [2.75, 3.05) is 18.8 Å². The minimum absolute atomic E-state index is 0.215. The zero-order valence-electron chi connectivity index (χ0n) is 22.0. The number of nitrogens with two attached hydrogens (primary N) is 1. The SMILES string of the molecule is [C-]#[N+]c1c(N)sc2c1C(C)(c1nc(-c3cc(C4CCN(C(=O)OC(C)(C)C)CC4)cc(Cl)n3)no1)CCC2. The van der Waals surface area contributed by atoms with Gasteiger partial charge in [-0.15, -0.1) is 11.3 Å². The van der Waals surface area contributed by atoms with Gasteiger partial charge in [0.15, 0.2) is 0 Å². The quantitative estimate of drug-likeness (QED) is 0.282. The maximum Gasteiger partial charge on any atom is 0.410 e. The highest BCUT2D eigenvalue weighted by atomic mass is 35.5. The van der Waals surface area contributed by atoms with Gasteiger partial charge in [0, 0.05) is 13.1 Å². The van der Waals surface area contributed by atoms with Crippen LogP contribution in [0.25, 0.3) is 16.4 Å². The fourth-order valence-electron chi connectivity index (χ4n) is 5.43. The number of halogens is 1. The second kappa shape index (κ2) is 9.86. The Morgan fingerprint density at radius 3 is 2.74 bits per heavy atom. The van der Waals surface area contributed by atoms with E-state index >= 15 is 0 Å². The number of carbonyl (C=O) groups excluding carboxylic acids is 1. The summed E-state index contributed by atoms with van der Waals surface area (Å²) in [7, 11) is 0. The Kier molecular flexibility index (Phi) is 6.86. The van der Waals surface area contributed by atoms with Gasteiger partial charge in [-0.2, -0.15) is 4.98 Å². The van der Waals surface area contributed by atoms with Crippen molar-refractivity contribution in [3.63, 3.8) is 0 Å². The van der Waals surface area contributed by atoms with Crippen LogP contribution >= 0.6 is 22.9 Å². The van der Waals surface area contributed by atoms with Crippen molar-refractivity contribution in [3.05, 3.63) is 50.6 Å². The van der Waals surface area contributed by atoms with Crippen LogP contribution in [-0.4, -0.2) is 44.8 Å². The normalized spacial score (nSPS) is 20.2. The highest BCUT2D eigenvalue weighted by Gasteiger charge is 2.43. The van der Waals surface area contributed by atoms with Gasteiger partial charge in [-0.05, 0) is 93.9 Å². The summed E-state index contributed by atoms with van der Waals surface area (Å²) in [5.74, 6) is 1.02. The van der Waals surface area contributed by atoms with Gasteiger partial charge in [-0.25, -0.2) is 14.6 Å². The predicted octanol–water partition coefficient (Wildman–Crippen LogP) is 6.74. The van der Waals surface area contributed by atoms with E-state index in [-0.39, 0.29) is 12.0 Å². The van der Waals surface area contributed by atoms with Gasteiger partial charge in [0.2, 0.25) is 17.4 Å². The third-order valence-electron chi connectivity index (χ3n) is 7.29. The minimum atomic E-state index is -0.595. The van der Waals surface area contributed by atoms with Gasteiger partial charge >= 0.3 is 6.09 Å². The number of hydrogen-bond acceptors (Lipinski definition) is 8. The molecule has 4 heterocycles. The molecule has 1 aliphatic carbocycles. The first-order chi connectivity index (χ1) is 18.0. The third kappa shape index (κ3) is 4.97. The summed E-state index contributed by atoms with van der Waals surface area (Å²) in [6, 6.07) is 3.82. The average Bonchev–Trinajstić information content (AvgIpc) is 3.48. The third-order valence-corrected chi connectivity index (χ3v) is 8.55. The lowest BCUT2D eigenvalue weighted by Crippen LogP contribution is -2.41. The molecule has 2 aliphatic rings. The molecule has 3 aromatic rings. The van der Waals surface area contributed by atoms with Crippen LogP contribution in [0.3, 0.4) is 0 Å². The molecule has 1 saturated heterocycles. The van der Waals surface area contributed by atoms with E-state index in [0.717, 1.165) is 48.1 Å². The Labute approximate surface area is 231 Å². The maximum absolute atomic E-state index is 12.5. The summed E-state index contributed by atoms with van der Waals surface area (Å²) < 4.78 is 11.3. The smallest absolute Gasteiger partial charge is 0.410 e. The lowest BCUT2D eigenvalue weighted by molar-refractivity contribution is 0.0205. The molecule has 1 atom stereocenters. The lowest BCUT2D eigenvalue weighted by Gasteiger charge is -2.33. The summed E-state index contributed by atoms with van der Waals surface area (Å²) in [4.78, 5) is 28.3. The molecule has 11 heteroatoms. The number of ether oxygens (including phenoxy) is 1. The van der Waals surface area contributed by atoms with E-state index in [1.54, 1.807) is 4.90 Å². The van der Waals surface area contributed by atoms with E-state index in [9.17, 15) is 4.79 Å². The van der Waals surface area contributed by atoms with E-state index in [4.69, 9.17) is 38.2 Å². The molecule has 200 valence electrons. The van der Waals surface area contributed by atoms with Crippen LogP contribution in [0.15, 0.2) is 16.7 Å². The number of fused-ring (bicyclic) bond motifs is 1. The molecule has 1 amide bonds. The summed E-state index contributed by atoms with van der Waals surface area (Å²) >= 11 is 7.91. The first-order valence-electron chi connectivity index (χ1n) is 12.8. The number of hydrogen-bond donors (Lipinski definition) is 1. The van der Waals surface area contributed by atoms with Crippen LogP contribution in [0.1, 0.15) is 81.2 Å². The zero-order chi connectivity index (χ0) is 27.2. The molecule has 1 aliphatic heterocycles. The van der Waals surface area contributed by atoms with Crippen molar-refractivity contribution in [3.8, 4) is 11.5 Å². The number of rotatable bonds is 3. The minimum Gasteiger partial charge on any atom is -0.444 e. The first-order valence-corrected chi connectivity index (χ1v) is 14.0. The molecule has 5 rings (SSSR count). The molecule has 1 fully saturated rings. The predicted molar refractivity (Wildman–Crippen MR) is 147 cm³/mol. The van der Waals surface area contributed by atoms with E-state index < -0.39 is 11.0 Å². The molecule has 0 spiro atoms. The number of aromatic nitrogens is 3. The largest absolute Gasteiger partial charge is 0.444 e.